The molecule has 2 aromatic rings. The van der Waals surface area contributed by atoms with Crippen molar-refractivity contribution in [1.82, 2.24) is 0 Å². The van der Waals surface area contributed by atoms with E-state index in [1.807, 2.05) is 19.1 Å². The van der Waals surface area contributed by atoms with Crippen LogP contribution >= 0.6 is 15.9 Å². The van der Waals surface area contributed by atoms with Crippen LogP contribution in [-0.4, -0.2) is 8.42 Å². The Bertz CT molecular complexity index is 666. The van der Waals surface area contributed by atoms with Crippen molar-refractivity contribution in [3.63, 3.8) is 0 Å². The lowest BCUT2D eigenvalue weighted by Crippen LogP contribution is -2.13. The van der Waals surface area contributed by atoms with E-state index in [1.165, 1.54) is 0 Å². The van der Waals surface area contributed by atoms with E-state index < -0.39 is 10.0 Å². The molecule has 100 valence electrons. The maximum atomic E-state index is 12.3. The second-order valence-corrected chi connectivity index (χ2v) is 6.45. The largest absolute Gasteiger partial charge is 0.279 e. The molecule has 0 saturated carbocycles. The first kappa shape index (κ1) is 14.1. The molecule has 0 aliphatic heterocycles. The van der Waals surface area contributed by atoms with Crippen molar-refractivity contribution in [2.24, 2.45) is 0 Å². The van der Waals surface area contributed by atoms with E-state index in [1.54, 1.807) is 36.4 Å². The normalized spacial score (nSPS) is 11.3. The van der Waals surface area contributed by atoms with Crippen LogP contribution in [0.4, 0.5) is 5.69 Å². The minimum atomic E-state index is -3.53. The summed E-state index contributed by atoms with van der Waals surface area (Å²) < 4.78 is 27.1. The number of benzene rings is 2. The van der Waals surface area contributed by atoms with Crippen LogP contribution < -0.4 is 4.72 Å². The van der Waals surface area contributed by atoms with E-state index in [0.29, 0.717) is 11.0 Å². The number of nitrogens with one attached hydrogen (secondary N) is 1. The molecule has 5 heteroatoms. The Morgan fingerprint density at radius 3 is 2.32 bits per heavy atom. The molecule has 0 aliphatic rings. The number of halogens is 1. The van der Waals surface area contributed by atoms with E-state index in [0.717, 1.165) is 11.1 Å². The highest BCUT2D eigenvalue weighted by Gasteiger charge is 2.15. The molecule has 0 spiro atoms. The molecule has 0 fully saturated rings. The molecular formula is C14H14BrNO2S. The Labute approximate surface area is 121 Å². The third-order valence-electron chi connectivity index (χ3n) is 2.74. The molecule has 0 radical (unpaired) electrons. The van der Waals surface area contributed by atoms with Crippen LogP contribution in [0, 0.1) is 6.92 Å². The van der Waals surface area contributed by atoms with Crippen molar-refractivity contribution in [2.45, 2.75) is 17.1 Å². The maximum Gasteiger partial charge on any atom is 0.261 e. The van der Waals surface area contributed by atoms with E-state index in [-0.39, 0.29) is 4.90 Å². The van der Waals surface area contributed by atoms with E-state index in [2.05, 4.69) is 20.7 Å². The highest BCUT2D eigenvalue weighted by molar-refractivity contribution is 9.08. The molecule has 0 atom stereocenters. The van der Waals surface area contributed by atoms with Crippen LogP contribution in [-0.2, 0) is 15.4 Å². The Morgan fingerprint density at radius 1 is 1.05 bits per heavy atom. The predicted octanol–water partition coefficient (Wildman–Crippen LogP) is 3.69. The molecule has 3 nitrogen and oxygen atoms in total. The van der Waals surface area contributed by atoms with Crippen LogP contribution in [0.25, 0.3) is 0 Å². The van der Waals surface area contributed by atoms with Crippen LogP contribution in [0.2, 0.25) is 0 Å². The molecule has 0 amide bonds. The van der Waals surface area contributed by atoms with E-state index in [4.69, 9.17) is 0 Å². The summed E-state index contributed by atoms with van der Waals surface area (Å²) in [7, 11) is -3.53. The summed E-state index contributed by atoms with van der Waals surface area (Å²) >= 11 is 3.35. The van der Waals surface area contributed by atoms with Gasteiger partial charge >= 0.3 is 0 Å². The summed E-state index contributed by atoms with van der Waals surface area (Å²) in [6, 6.07) is 14.1. The minimum Gasteiger partial charge on any atom is -0.279 e. The number of hydrogen-bond acceptors (Lipinski definition) is 2. The molecule has 0 bridgehead atoms. The van der Waals surface area contributed by atoms with Crippen molar-refractivity contribution in [3.05, 3.63) is 59.7 Å². The van der Waals surface area contributed by atoms with Gasteiger partial charge in [0.2, 0.25) is 0 Å². The highest BCUT2D eigenvalue weighted by Crippen LogP contribution is 2.22. The van der Waals surface area contributed by atoms with Gasteiger partial charge in [0.05, 0.1) is 10.6 Å². The van der Waals surface area contributed by atoms with Gasteiger partial charge in [-0.3, -0.25) is 4.72 Å². The number of para-hydroxylation sites is 1. The lowest BCUT2D eigenvalue weighted by molar-refractivity contribution is 0.601. The molecule has 19 heavy (non-hydrogen) atoms. The van der Waals surface area contributed by atoms with Gasteiger partial charge in [0.15, 0.2) is 0 Å². The number of rotatable bonds is 4. The molecule has 0 saturated heterocycles. The average molecular weight is 340 g/mol. The second kappa shape index (κ2) is 5.75. The molecule has 0 aliphatic carbocycles. The van der Waals surface area contributed by atoms with Crippen molar-refractivity contribution in [2.75, 3.05) is 4.72 Å². The summed E-state index contributed by atoms with van der Waals surface area (Å²) in [4.78, 5) is 0.266. The second-order valence-electron chi connectivity index (χ2n) is 4.21. The van der Waals surface area contributed by atoms with Crippen LogP contribution in [0.5, 0.6) is 0 Å². The van der Waals surface area contributed by atoms with Gasteiger partial charge in [-0.2, -0.15) is 0 Å². The molecule has 0 heterocycles. The van der Waals surface area contributed by atoms with Crippen molar-refractivity contribution in [1.29, 1.82) is 0 Å². The van der Waals surface area contributed by atoms with E-state index >= 15 is 0 Å². The van der Waals surface area contributed by atoms with Gasteiger partial charge in [0.25, 0.3) is 10.0 Å². The maximum absolute atomic E-state index is 12.3. The zero-order valence-corrected chi connectivity index (χ0v) is 12.8. The molecule has 2 aromatic carbocycles. The third-order valence-corrected chi connectivity index (χ3v) is 4.72. The molecule has 1 N–H and O–H groups in total. The summed E-state index contributed by atoms with van der Waals surface area (Å²) in [6.45, 7) is 1.92. The van der Waals surface area contributed by atoms with Gasteiger partial charge in [-0.15, -0.1) is 0 Å². The average Bonchev–Trinajstić information content (AvgIpc) is 2.39. The third kappa shape index (κ3) is 3.36. The minimum absolute atomic E-state index is 0.266. The Balaban J connectivity index is 2.34. The van der Waals surface area contributed by atoms with Crippen molar-refractivity contribution < 1.29 is 8.42 Å². The first-order valence-electron chi connectivity index (χ1n) is 5.76. The summed E-state index contributed by atoms with van der Waals surface area (Å²) in [5, 5.41) is 0.597. The van der Waals surface area contributed by atoms with E-state index in [9.17, 15) is 8.42 Å². The Morgan fingerprint density at radius 2 is 1.68 bits per heavy atom. The quantitative estimate of drug-likeness (QED) is 0.863. The van der Waals surface area contributed by atoms with Gasteiger partial charge in [-0.1, -0.05) is 51.8 Å². The number of anilines is 1. The summed E-state index contributed by atoms with van der Waals surface area (Å²) in [5.41, 5.74) is 2.53. The zero-order valence-electron chi connectivity index (χ0n) is 10.4. The van der Waals surface area contributed by atoms with Gasteiger partial charge < -0.3 is 0 Å². The zero-order chi connectivity index (χ0) is 13.9. The molecule has 2 rings (SSSR count). The van der Waals surface area contributed by atoms with Crippen LogP contribution in [0.1, 0.15) is 11.1 Å². The molecule has 0 aromatic heterocycles. The molecule has 0 unspecified atom stereocenters. The lowest BCUT2D eigenvalue weighted by atomic mass is 10.2. The first-order chi connectivity index (χ1) is 9.03. The number of hydrogen-bond donors (Lipinski definition) is 1. The van der Waals surface area contributed by atoms with Gasteiger partial charge in [0, 0.05) is 5.33 Å². The molecular weight excluding hydrogens is 326 g/mol. The number of alkyl halides is 1. The predicted molar refractivity (Wildman–Crippen MR) is 81.1 cm³/mol. The van der Waals surface area contributed by atoms with Crippen LogP contribution in [0.15, 0.2) is 53.4 Å². The summed E-state index contributed by atoms with van der Waals surface area (Å²) in [6.07, 6.45) is 0. The SMILES string of the molecule is Cc1ccc(S(=O)(=O)Nc2ccccc2CBr)cc1. The Kier molecular flexibility index (Phi) is 4.27. The standard InChI is InChI=1S/C14H14BrNO2S/c1-11-6-8-13(9-7-11)19(17,18)16-14-5-3-2-4-12(14)10-15/h2-9,16H,10H2,1H3. The fourth-order valence-corrected chi connectivity index (χ4v) is 3.25. The fourth-order valence-electron chi connectivity index (χ4n) is 1.66. The number of aryl methyl sites for hydroxylation is 1. The summed E-state index contributed by atoms with van der Waals surface area (Å²) in [5.74, 6) is 0. The van der Waals surface area contributed by atoms with Gasteiger partial charge in [-0.05, 0) is 30.7 Å². The van der Waals surface area contributed by atoms with Gasteiger partial charge in [0.1, 0.15) is 0 Å². The topological polar surface area (TPSA) is 46.2 Å². The van der Waals surface area contributed by atoms with Gasteiger partial charge in [-0.25, -0.2) is 8.42 Å². The highest BCUT2D eigenvalue weighted by atomic mass is 79.9. The smallest absolute Gasteiger partial charge is 0.261 e. The van der Waals surface area contributed by atoms with Crippen molar-refractivity contribution >= 4 is 31.6 Å². The first-order valence-corrected chi connectivity index (χ1v) is 8.37. The monoisotopic (exact) mass is 339 g/mol. The van der Waals surface area contributed by atoms with Crippen molar-refractivity contribution in [3.8, 4) is 0 Å². The number of sulfonamides is 1. The fraction of sp³-hybridized carbons (Fsp3) is 0.143. The Hall–Kier alpha value is -1.33. The van der Waals surface area contributed by atoms with Crippen LogP contribution in [0.3, 0.4) is 0 Å². The lowest BCUT2D eigenvalue weighted by Gasteiger charge is -2.11.